The topological polar surface area (TPSA) is 140 Å². The number of carbonyl (C=O) groups excluding carboxylic acids is 2. The van der Waals surface area contributed by atoms with Crippen LogP contribution in [0.25, 0.3) is 0 Å². The van der Waals surface area contributed by atoms with Crippen LogP contribution in [0, 0.1) is 17.8 Å². The van der Waals surface area contributed by atoms with E-state index < -0.39 is 27.3 Å². The number of fused-ring (bicyclic) bond motifs is 5. The lowest BCUT2D eigenvalue weighted by atomic mass is 9.63. The standard InChI is InChI=1S/C46H60ClN7O7S/c1-31-7-5-16-46(59-4,29-52-17-18-53-19-20-60-26-36(53)24-52)39-12-9-34(39)23-54-28-45(15-6-8-32-21-35(47)11-13-38(32)45)30-61-41-14-10-33(22-40(41)54)42(55)49-62(57,27-31)50-43(56)37-25-51(2)48-44(37)58-3/h5,10-11,13-14,16,21-22,25,31,34,36,39H,6-9,12,15,17-20,23-24,26-30H2,1-4H3,(H,49,50,55,56,57)/b16-5+/t31-,34-,36-,39+,45-,46+,62-/m0/s1. The van der Waals surface area contributed by atoms with Gasteiger partial charge in [-0.05, 0) is 97.7 Å². The van der Waals surface area contributed by atoms with Crippen molar-refractivity contribution in [2.24, 2.45) is 29.2 Å². The number of piperazine rings is 1. The lowest BCUT2D eigenvalue weighted by Gasteiger charge is -2.53. The summed E-state index contributed by atoms with van der Waals surface area (Å²) in [4.78, 5) is 35.6. The molecule has 3 aromatic rings. The Hall–Kier alpha value is -3.99. The number of hydrogen-bond donors (Lipinski definition) is 1. The Bertz CT molecular complexity index is 2350. The fourth-order valence-corrected chi connectivity index (χ4v) is 13.1. The predicted molar refractivity (Wildman–Crippen MR) is 239 cm³/mol. The summed E-state index contributed by atoms with van der Waals surface area (Å²) in [5.41, 5.74) is 2.78. The molecule has 16 heteroatoms. The van der Waals surface area contributed by atoms with Gasteiger partial charge in [-0.15, -0.1) is 9.46 Å². The molecular weight excluding hydrogens is 830 g/mol. The molecule has 2 bridgehead atoms. The first-order chi connectivity index (χ1) is 29.9. The molecule has 1 aromatic heterocycles. The molecule has 2 aliphatic carbocycles. The Morgan fingerprint density at radius 1 is 1.11 bits per heavy atom. The number of aromatic nitrogens is 2. The fraction of sp³-hybridized carbons (Fsp3) is 0.587. The Kier molecular flexibility index (Phi) is 12.2. The molecule has 0 unspecified atom stereocenters. The van der Waals surface area contributed by atoms with Crippen LogP contribution in [0.4, 0.5) is 5.69 Å². The Morgan fingerprint density at radius 2 is 1.98 bits per heavy atom. The molecule has 0 radical (unpaired) electrons. The van der Waals surface area contributed by atoms with Gasteiger partial charge in [-0.25, -0.2) is 4.21 Å². The van der Waals surface area contributed by atoms with Gasteiger partial charge in [-0.3, -0.25) is 28.8 Å². The summed E-state index contributed by atoms with van der Waals surface area (Å²) in [6, 6.07) is 12.0. The van der Waals surface area contributed by atoms with Crippen molar-refractivity contribution in [2.45, 2.75) is 62.5 Å². The molecule has 2 aromatic carbocycles. The molecule has 2 saturated heterocycles. The summed E-state index contributed by atoms with van der Waals surface area (Å²) in [6.45, 7) is 9.96. The van der Waals surface area contributed by atoms with E-state index in [9.17, 15) is 13.8 Å². The highest BCUT2D eigenvalue weighted by molar-refractivity contribution is 7.92. The number of anilines is 1. The van der Waals surface area contributed by atoms with Crippen molar-refractivity contribution in [2.75, 3.05) is 90.5 Å². The second kappa shape index (κ2) is 17.5. The van der Waals surface area contributed by atoms with Crippen molar-refractivity contribution < 1.29 is 32.7 Å². The van der Waals surface area contributed by atoms with E-state index in [0.717, 1.165) is 95.3 Å². The minimum Gasteiger partial charge on any atom is -0.490 e. The second-order valence-electron chi connectivity index (χ2n) is 18.5. The number of halogens is 1. The number of nitrogens with one attached hydrogen (secondary N) is 1. The molecule has 7 atom stereocenters. The van der Waals surface area contributed by atoms with E-state index in [0.29, 0.717) is 37.3 Å². The summed E-state index contributed by atoms with van der Waals surface area (Å²) in [7, 11) is 1.26. The van der Waals surface area contributed by atoms with Crippen LogP contribution in [0.5, 0.6) is 11.6 Å². The molecule has 5 heterocycles. The molecule has 2 amide bonds. The van der Waals surface area contributed by atoms with Crippen LogP contribution in [-0.2, 0) is 38.3 Å². The van der Waals surface area contributed by atoms with Gasteiger partial charge in [0.1, 0.15) is 26.8 Å². The van der Waals surface area contributed by atoms with Crippen LogP contribution >= 0.6 is 11.6 Å². The van der Waals surface area contributed by atoms with Gasteiger partial charge >= 0.3 is 0 Å². The van der Waals surface area contributed by atoms with Crippen LogP contribution in [-0.4, -0.2) is 133 Å². The minimum atomic E-state index is -3.67. The van der Waals surface area contributed by atoms with E-state index in [4.69, 9.17) is 30.5 Å². The zero-order chi connectivity index (χ0) is 43.2. The average Bonchev–Trinajstić information content (AvgIpc) is 3.56. The first-order valence-electron chi connectivity index (χ1n) is 22.2. The number of morpholine rings is 1. The SMILES string of the molecule is COc1nn(C)cc1C(=O)N[S@@]1(=O)=NC(=O)c2ccc3c(c2)N(C[C@@H]2CC[C@H]2[C@@](CN2CCN4CCOC[C@@H]4C2)(OC)/C=C/C[C@H](C)C1)C[C@@]1(CCCc2cc(Cl)ccc21)CO3. The Balaban J connectivity index is 1.12. The number of hydrogen-bond acceptors (Lipinski definition) is 11. The first-order valence-corrected chi connectivity index (χ1v) is 24.2. The number of methoxy groups -OCH3 is 2. The normalized spacial score (nSPS) is 32.2. The molecule has 1 spiro atoms. The summed E-state index contributed by atoms with van der Waals surface area (Å²) in [6.07, 6.45) is 11.4. The van der Waals surface area contributed by atoms with Gasteiger partial charge < -0.3 is 23.8 Å². The molecule has 334 valence electrons. The third kappa shape index (κ3) is 8.52. The summed E-state index contributed by atoms with van der Waals surface area (Å²) in [5, 5.41) is 4.94. The van der Waals surface area contributed by atoms with Gasteiger partial charge in [0.25, 0.3) is 11.8 Å². The average molecular weight is 891 g/mol. The number of rotatable bonds is 6. The quantitative estimate of drug-likeness (QED) is 0.313. The second-order valence-corrected chi connectivity index (χ2v) is 20.9. The third-order valence-corrected chi connectivity index (χ3v) is 16.5. The number of amides is 2. The molecule has 9 rings (SSSR count). The van der Waals surface area contributed by atoms with Crippen LogP contribution in [0.1, 0.15) is 70.9 Å². The van der Waals surface area contributed by atoms with E-state index in [1.165, 1.54) is 29.1 Å². The molecule has 62 heavy (non-hydrogen) atoms. The van der Waals surface area contributed by atoms with Crippen molar-refractivity contribution in [3.63, 3.8) is 0 Å². The maximum absolute atomic E-state index is 15.0. The highest BCUT2D eigenvalue weighted by atomic mass is 35.5. The van der Waals surface area contributed by atoms with Crippen molar-refractivity contribution in [1.29, 1.82) is 0 Å². The molecule has 6 aliphatic rings. The highest BCUT2D eigenvalue weighted by Gasteiger charge is 2.50. The van der Waals surface area contributed by atoms with Crippen molar-refractivity contribution >= 4 is 39.0 Å². The van der Waals surface area contributed by atoms with E-state index >= 15 is 0 Å². The minimum absolute atomic E-state index is 0.0564. The molecule has 4 aliphatic heterocycles. The van der Waals surface area contributed by atoms with Crippen molar-refractivity contribution in [1.82, 2.24) is 24.3 Å². The summed E-state index contributed by atoms with van der Waals surface area (Å²) >= 11 is 6.56. The van der Waals surface area contributed by atoms with E-state index in [1.54, 1.807) is 13.1 Å². The maximum atomic E-state index is 15.0. The monoisotopic (exact) mass is 889 g/mol. The third-order valence-electron chi connectivity index (χ3n) is 14.3. The number of aryl methyl sites for hydroxylation is 2. The lowest BCUT2D eigenvalue weighted by molar-refractivity contribution is -0.108. The molecule has 3 fully saturated rings. The van der Waals surface area contributed by atoms with Crippen LogP contribution in [0.3, 0.4) is 0 Å². The smallest absolute Gasteiger partial charge is 0.286 e. The van der Waals surface area contributed by atoms with Gasteiger partial charge in [0.15, 0.2) is 0 Å². The number of carbonyl (C=O) groups is 2. The van der Waals surface area contributed by atoms with Gasteiger partial charge in [0, 0.05) is 88.2 Å². The lowest BCUT2D eigenvalue weighted by Crippen LogP contribution is -2.62. The molecule has 1 N–H and O–H groups in total. The van der Waals surface area contributed by atoms with Crippen molar-refractivity contribution in [3.05, 3.63) is 82.0 Å². The first kappa shape index (κ1) is 43.3. The van der Waals surface area contributed by atoms with E-state index in [-0.39, 0.29) is 40.0 Å². The molecule has 1 saturated carbocycles. The fourth-order valence-electron chi connectivity index (χ4n) is 11.1. The largest absolute Gasteiger partial charge is 0.490 e. The van der Waals surface area contributed by atoms with E-state index in [2.05, 4.69) is 53.2 Å². The van der Waals surface area contributed by atoms with Gasteiger partial charge in [0.2, 0.25) is 5.88 Å². The van der Waals surface area contributed by atoms with Gasteiger partial charge in [-0.2, -0.15) is 0 Å². The van der Waals surface area contributed by atoms with Crippen LogP contribution < -0.4 is 19.1 Å². The van der Waals surface area contributed by atoms with Crippen LogP contribution in [0.2, 0.25) is 5.02 Å². The highest BCUT2D eigenvalue weighted by Crippen LogP contribution is 2.49. The zero-order valence-corrected chi connectivity index (χ0v) is 37.9. The van der Waals surface area contributed by atoms with Gasteiger partial charge in [0.05, 0.1) is 38.4 Å². The summed E-state index contributed by atoms with van der Waals surface area (Å²) in [5.74, 6) is -0.368. The predicted octanol–water partition coefficient (Wildman–Crippen LogP) is 5.53. The number of ether oxygens (including phenoxy) is 4. The number of benzene rings is 2. The Morgan fingerprint density at radius 3 is 2.79 bits per heavy atom. The maximum Gasteiger partial charge on any atom is 0.286 e. The Labute approximate surface area is 370 Å². The molecular formula is C46H60ClN7O7S. The zero-order valence-electron chi connectivity index (χ0n) is 36.4. The van der Waals surface area contributed by atoms with Crippen molar-refractivity contribution in [3.8, 4) is 11.6 Å². The van der Waals surface area contributed by atoms with Gasteiger partial charge in [-0.1, -0.05) is 36.7 Å². The molecule has 14 nitrogen and oxygen atoms in total. The summed E-state index contributed by atoms with van der Waals surface area (Å²) < 4.78 is 48.3. The number of nitrogens with zero attached hydrogens (tertiary/aromatic N) is 6. The van der Waals surface area contributed by atoms with Crippen LogP contribution in [0.15, 0.2) is 59.1 Å². The van der Waals surface area contributed by atoms with E-state index in [1.807, 2.05) is 32.2 Å². The number of allylic oxidation sites excluding steroid dienone is 1.